The molecule has 26 heavy (non-hydrogen) atoms. The molecule has 1 saturated heterocycles. The third-order valence-electron chi connectivity index (χ3n) is 4.58. The van der Waals surface area contributed by atoms with E-state index in [4.69, 9.17) is 0 Å². The van der Waals surface area contributed by atoms with E-state index in [0.717, 1.165) is 43.5 Å². The Labute approximate surface area is 155 Å². The SMILES string of the molecule is C=C/C(=C(/CC(C)CC(=C)/C=C(\C)N1CCN(C)CC1)N=C)C(F)(F)F. The van der Waals surface area contributed by atoms with Crippen molar-refractivity contribution in [3.8, 4) is 0 Å². The average Bonchev–Trinajstić information content (AvgIpc) is 2.53. The number of aliphatic imine (C=N–C) groups is 1. The lowest BCUT2D eigenvalue weighted by Gasteiger charge is -2.34. The topological polar surface area (TPSA) is 18.8 Å². The summed E-state index contributed by atoms with van der Waals surface area (Å²) in [6.07, 6.45) is -0.836. The molecular formula is C20H30F3N3. The largest absolute Gasteiger partial charge is 0.418 e. The maximum absolute atomic E-state index is 13.0. The first-order valence-corrected chi connectivity index (χ1v) is 8.77. The van der Waals surface area contributed by atoms with E-state index >= 15 is 0 Å². The minimum atomic E-state index is -4.47. The quantitative estimate of drug-likeness (QED) is 0.451. The number of nitrogens with zero attached hydrogens (tertiary/aromatic N) is 3. The fraction of sp³-hybridized carbons (Fsp3) is 0.550. The molecule has 1 heterocycles. The van der Waals surface area contributed by atoms with E-state index in [-0.39, 0.29) is 18.0 Å². The minimum absolute atomic E-state index is 0.0307. The highest BCUT2D eigenvalue weighted by Crippen LogP contribution is 2.33. The summed E-state index contributed by atoms with van der Waals surface area (Å²) in [6, 6.07) is 0. The second-order valence-electron chi connectivity index (χ2n) is 6.97. The number of hydrogen-bond donors (Lipinski definition) is 0. The lowest BCUT2D eigenvalue weighted by molar-refractivity contribution is -0.0891. The smallest absolute Gasteiger partial charge is 0.372 e. The molecule has 0 saturated carbocycles. The van der Waals surface area contributed by atoms with Gasteiger partial charge in [0.1, 0.15) is 0 Å². The molecule has 0 bridgehead atoms. The maximum Gasteiger partial charge on any atom is 0.418 e. The van der Waals surface area contributed by atoms with E-state index in [0.29, 0.717) is 6.42 Å². The van der Waals surface area contributed by atoms with Crippen LogP contribution in [0.15, 0.2) is 52.8 Å². The van der Waals surface area contributed by atoms with Gasteiger partial charge < -0.3 is 9.80 Å². The van der Waals surface area contributed by atoms with Gasteiger partial charge in [-0.2, -0.15) is 13.2 Å². The van der Waals surface area contributed by atoms with Crippen LogP contribution in [0.4, 0.5) is 13.2 Å². The molecule has 0 amide bonds. The normalized spacial score (nSPS) is 19.0. The van der Waals surface area contributed by atoms with Crippen molar-refractivity contribution >= 4 is 6.72 Å². The van der Waals surface area contributed by atoms with Gasteiger partial charge in [0.25, 0.3) is 0 Å². The van der Waals surface area contributed by atoms with E-state index in [1.165, 1.54) is 0 Å². The number of rotatable bonds is 8. The van der Waals surface area contributed by atoms with Gasteiger partial charge in [-0.15, -0.1) is 0 Å². The third kappa shape index (κ3) is 6.83. The Morgan fingerprint density at radius 1 is 1.19 bits per heavy atom. The summed E-state index contributed by atoms with van der Waals surface area (Å²) < 4.78 is 39.1. The minimum Gasteiger partial charge on any atom is -0.372 e. The molecule has 0 N–H and O–H groups in total. The van der Waals surface area contributed by atoms with Gasteiger partial charge in [-0.1, -0.05) is 31.7 Å². The first-order chi connectivity index (χ1) is 12.1. The summed E-state index contributed by atoms with van der Waals surface area (Å²) in [4.78, 5) is 8.19. The van der Waals surface area contributed by atoms with Crippen LogP contribution in [0, 0.1) is 5.92 Å². The van der Waals surface area contributed by atoms with Crippen molar-refractivity contribution in [3.63, 3.8) is 0 Å². The van der Waals surface area contributed by atoms with Crippen molar-refractivity contribution in [2.75, 3.05) is 33.2 Å². The Bertz CT molecular complexity index is 580. The number of halogens is 3. The van der Waals surface area contributed by atoms with Gasteiger partial charge in [-0.05, 0) is 45.5 Å². The molecular weight excluding hydrogens is 339 g/mol. The Morgan fingerprint density at radius 2 is 1.77 bits per heavy atom. The molecule has 1 aliphatic rings. The molecule has 0 aromatic rings. The summed E-state index contributed by atoms with van der Waals surface area (Å²) in [5.41, 5.74) is 1.18. The molecule has 0 aromatic heterocycles. The van der Waals surface area contributed by atoms with Gasteiger partial charge in [0, 0.05) is 31.9 Å². The summed E-state index contributed by atoms with van der Waals surface area (Å²) >= 11 is 0. The van der Waals surface area contributed by atoms with Crippen LogP contribution in [0.5, 0.6) is 0 Å². The lowest BCUT2D eigenvalue weighted by Crippen LogP contribution is -2.43. The monoisotopic (exact) mass is 369 g/mol. The molecule has 0 spiro atoms. The Balaban J connectivity index is 2.71. The standard InChI is InChI=1S/C20H30F3N3/c1-7-18(20(21,22)23)19(24-5)14-16(3)12-15(2)13-17(4)26-10-8-25(6)9-11-26/h7,13,16H,1-2,5,8-12,14H2,3-4,6H3/b17-13+,19-18+. The molecule has 1 atom stereocenters. The zero-order chi connectivity index (χ0) is 19.9. The van der Waals surface area contributed by atoms with E-state index in [1.54, 1.807) is 0 Å². The summed E-state index contributed by atoms with van der Waals surface area (Å²) in [7, 11) is 2.11. The van der Waals surface area contributed by atoms with Gasteiger partial charge >= 0.3 is 6.18 Å². The van der Waals surface area contributed by atoms with Crippen molar-refractivity contribution in [1.82, 2.24) is 9.80 Å². The molecule has 146 valence electrons. The van der Waals surface area contributed by atoms with E-state index in [2.05, 4.69) is 48.6 Å². The van der Waals surface area contributed by atoms with Crippen molar-refractivity contribution in [3.05, 3.63) is 47.9 Å². The van der Waals surface area contributed by atoms with Gasteiger partial charge in [0.05, 0.1) is 11.3 Å². The average molecular weight is 369 g/mol. The number of hydrogen-bond acceptors (Lipinski definition) is 3. The van der Waals surface area contributed by atoms with Crippen molar-refractivity contribution < 1.29 is 13.2 Å². The summed E-state index contributed by atoms with van der Waals surface area (Å²) in [5.74, 6) is -0.0307. The Kier molecular flexibility index (Phi) is 8.34. The second-order valence-corrected chi connectivity index (χ2v) is 6.97. The molecule has 1 aliphatic heterocycles. The molecule has 0 aromatic carbocycles. The number of allylic oxidation sites excluding steroid dienone is 6. The summed E-state index contributed by atoms with van der Waals surface area (Å²) in [5, 5.41) is 0. The predicted molar refractivity (Wildman–Crippen MR) is 103 cm³/mol. The highest BCUT2D eigenvalue weighted by atomic mass is 19.4. The van der Waals surface area contributed by atoms with Crippen LogP contribution < -0.4 is 0 Å². The highest BCUT2D eigenvalue weighted by Gasteiger charge is 2.34. The highest BCUT2D eigenvalue weighted by molar-refractivity contribution is 5.36. The van der Waals surface area contributed by atoms with Gasteiger partial charge in [0.2, 0.25) is 0 Å². The fourth-order valence-electron chi connectivity index (χ4n) is 3.11. The zero-order valence-corrected chi connectivity index (χ0v) is 16.1. The Morgan fingerprint density at radius 3 is 2.23 bits per heavy atom. The number of likely N-dealkylation sites (N-methyl/N-ethyl adjacent to an activating group) is 1. The second kappa shape index (κ2) is 9.76. The van der Waals surface area contributed by atoms with E-state index in [1.807, 2.05) is 13.0 Å². The van der Waals surface area contributed by atoms with E-state index in [9.17, 15) is 13.2 Å². The van der Waals surface area contributed by atoms with Crippen LogP contribution in [0.2, 0.25) is 0 Å². The van der Waals surface area contributed by atoms with Gasteiger partial charge in [-0.25, -0.2) is 0 Å². The Hall–Kier alpha value is -1.82. The lowest BCUT2D eigenvalue weighted by atomic mass is 9.95. The zero-order valence-electron chi connectivity index (χ0n) is 16.1. The predicted octanol–water partition coefficient (Wildman–Crippen LogP) is 4.81. The van der Waals surface area contributed by atoms with Crippen LogP contribution in [-0.4, -0.2) is 55.9 Å². The number of piperazine rings is 1. The molecule has 0 aliphatic carbocycles. The summed E-state index contributed by atoms with van der Waals surface area (Å²) in [6.45, 7) is 18.6. The third-order valence-corrected chi connectivity index (χ3v) is 4.58. The van der Waals surface area contributed by atoms with Crippen LogP contribution in [0.1, 0.15) is 26.7 Å². The fourth-order valence-corrected chi connectivity index (χ4v) is 3.11. The molecule has 3 nitrogen and oxygen atoms in total. The first-order valence-electron chi connectivity index (χ1n) is 8.77. The first kappa shape index (κ1) is 22.2. The molecule has 0 radical (unpaired) electrons. The van der Waals surface area contributed by atoms with Gasteiger partial charge in [-0.3, -0.25) is 4.99 Å². The number of alkyl halides is 3. The molecule has 1 unspecified atom stereocenters. The van der Waals surface area contributed by atoms with Crippen molar-refractivity contribution in [2.45, 2.75) is 32.9 Å². The van der Waals surface area contributed by atoms with Crippen LogP contribution >= 0.6 is 0 Å². The molecule has 1 rings (SSSR count). The van der Waals surface area contributed by atoms with Crippen molar-refractivity contribution in [2.24, 2.45) is 10.9 Å². The molecule has 1 fully saturated rings. The van der Waals surface area contributed by atoms with Gasteiger partial charge in [0.15, 0.2) is 0 Å². The van der Waals surface area contributed by atoms with E-state index < -0.39 is 11.7 Å². The van der Waals surface area contributed by atoms with Crippen molar-refractivity contribution in [1.29, 1.82) is 0 Å². The molecule has 6 heteroatoms. The van der Waals surface area contributed by atoms with Crippen LogP contribution in [0.25, 0.3) is 0 Å². The maximum atomic E-state index is 13.0. The van der Waals surface area contributed by atoms with Crippen LogP contribution in [0.3, 0.4) is 0 Å². The van der Waals surface area contributed by atoms with Crippen LogP contribution in [-0.2, 0) is 0 Å².